The van der Waals surface area contributed by atoms with E-state index in [-0.39, 0.29) is 11.9 Å². The second-order valence-electron chi connectivity index (χ2n) is 4.25. The minimum atomic E-state index is -0.707. The van der Waals surface area contributed by atoms with E-state index < -0.39 is 10.8 Å². The average molecular weight is 351 g/mol. The van der Waals surface area contributed by atoms with Gasteiger partial charge in [-0.1, -0.05) is 27.5 Å². The number of nitrogens with one attached hydrogen (secondary N) is 1. The number of rotatable bonds is 2. The van der Waals surface area contributed by atoms with Gasteiger partial charge in [-0.05, 0) is 31.0 Å². The molecule has 0 saturated carbocycles. The molecule has 1 N–H and O–H groups in total. The fourth-order valence-corrected chi connectivity index (χ4v) is 4.05. The Morgan fingerprint density at radius 1 is 1.33 bits per heavy atom. The van der Waals surface area contributed by atoms with Crippen LogP contribution in [0.2, 0.25) is 5.02 Å². The van der Waals surface area contributed by atoms with E-state index in [1.165, 1.54) is 0 Å². The molecule has 0 spiro atoms. The first kappa shape index (κ1) is 14.0. The highest BCUT2D eigenvalue weighted by Gasteiger charge is 2.20. The fraction of sp³-hybridized carbons (Fsp3) is 0.417. The van der Waals surface area contributed by atoms with Gasteiger partial charge in [0.15, 0.2) is 0 Å². The molecule has 1 heterocycles. The van der Waals surface area contributed by atoms with Crippen molar-refractivity contribution in [1.82, 2.24) is 5.32 Å². The van der Waals surface area contributed by atoms with Gasteiger partial charge in [-0.15, -0.1) is 0 Å². The largest absolute Gasteiger partial charge is 0.349 e. The molecule has 1 aromatic rings. The van der Waals surface area contributed by atoms with E-state index in [0.717, 1.165) is 17.3 Å². The first-order valence-electron chi connectivity index (χ1n) is 5.66. The molecule has 2 rings (SSSR count). The van der Waals surface area contributed by atoms with Crippen LogP contribution in [0.25, 0.3) is 0 Å². The van der Waals surface area contributed by atoms with E-state index in [2.05, 4.69) is 21.2 Å². The first-order valence-corrected chi connectivity index (χ1v) is 8.32. The van der Waals surface area contributed by atoms with E-state index in [9.17, 15) is 9.00 Å². The Kier molecular flexibility index (Phi) is 4.81. The maximum absolute atomic E-state index is 12.0. The molecule has 18 heavy (non-hydrogen) atoms. The van der Waals surface area contributed by atoms with Crippen molar-refractivity contribution in [1.29, 1.82) is 0 Å². The third-order valence-electron chi connectivity index (χ3n) is 2.85. The van der Waals surface area contributed by atoms with Crippen molar-refractivity contribution < 1.29 is 9.00 Å². The molecule has 0 aromatic heterocycles. The number of halogens is 2. The molecule has 0 bridgehead atoms. The number of hydrogen-bond acceptors (Lipinski definition) is 2. The summed E-state index contributed by atoms with van der Waals surface area (Å²) in [6, 6.07) is 5.24. The summed E-state index contributed by atoms with van der Waals surface area (Å²) in [6.07, 6.45) is 1.56. The molecule has 1 aliphatic rings. The minimum Gasteiger partial charge on any atom is -0.349 e. The summed E-state index contributed by atoms with van der Waals surface area (Å²) < 4.78 is 12.0. The van der Waals surface area contributed by atoms with Gasteiger partial charge in [-0.3, -0.25) is 9.00 Å². The zero-order chi connectivity index (χ0) is 13.1. The Hall–Kier alpha value is -0.390. The number of carbonyl (C=O) groups excluding carboxylic acids is 1. The summed E-state index contributed by atoms with van der Waals surface area (Å²) in [5.41, 5.74) is 0.543. The molecule has 1 amide bonds. The van der Waals surface area contributed by atoms with Crippen molar-refractivity contribution in [3.05, 3.63) is 33.3 Å². The highest BCUT2D eigenvalue weighted by Crippen LogP contribution is 2.20. The standard InChI is InChI=1S/C12H13BrClNO2S/c13-9-5-8(6-10(14)7-9)12(16)15-11-1-3-18(17)4-2-11/h5-7,11H,1-4H2,(H,15,16). The van der Waals surface area contributed by atoms with E-state index in [1.807, 2.05) is 0 Å². The van der Waals surface area contributed by atoms with Crippen LogP contribution in [0, 0.1) is 0 Å². The van der Waals surface area contributed by atoms with Gasteiger partial charge in [0.1, 0.15) is 0 Å². The van der Waals surface area contributed by atoms with Crippen molar-refractivity contribution in [2.24, 2.45) is 0 Å². The zero-order valence-electron chi connectivity index (χ0n) is 9.62. The van der Waals surface area contributed by atoms with Gasteiger partial charge in [-0.25, -0.2) is 0 Å². The lowest BCUT2D eigenvalue weighted by Crippen LogP contribution is -2.39. The molecule has 1 saturated heterocycles. The predicted molar refractivity (Wildman–Crippen MR) is 77.5 cm³/mol. The number of benzene rings is 1. The van der Waals surface area contributed by atoms with Gasteiger partial charge >= 0.3 is 0 Å². The summed E-state index contributed by atoms with van der Waals surface area (Å²) in [7, 11) is -0.707. The monoisotopic (exact) mass is 349 g/mol. The van der Waals surface area contributed by atoms with Gasteiger partial charge in [0.2, 0.25) is 0 Å². The molecular weight excluding hydrogens is 338 g/mol. The van der Waals surface area contributed by atoms with Crippen LogP contribution in [0.5, 0.6) is 0 Å². The van der Waals surface area contributed by atoms with E-state index in [4.69, 9.17) is 11.6 Å². The Labute approximate surface area is 122 Å². The number of amides is 1. The summed E-state index contributed by atoms with van der Waals surface area (Å²) in [5.74, 6) is 1.21. The van der Waals surface area contributed by atoms with Crippen LogP contribution < -0.4 is 5.32 Å². The van der Waals surface area contributed by atoms with Crippen molar-refractivity contribution in [3.63, 3.8) is 0 Å². The Bertz CT molecular complexity index is 465. The first-order chi connectivity index (χ1) is 8.54. The quantitative estimate of drug-likeness (QED) is 0.891. The Morgan fingerprint density at radius 3 is 2.61 bits per heavy atom. The van der Waals surface area contributed by atoms with E-state index >= 15 is 0 Å². The zero-order valence-corrected chi connectivity index (χ0v) is 12.8. The molecule has 0 aliphatic carbocycles. The third kappa shape index (κ3) is 3.80. The maximum Gasteiger partial charge on any atom is 0.251 e. The number of hydrogen-bond donors (Lipinski definition) is 1. The molecule has 1 aliphatic heterocycles. The van der Waals surface area contributed by atoms with Gasteiger partial charge in [0, 0.05) is 43.4 Å². The lowest BCUT2D eigenvalue weighted by Gasteiger charge is -2.22. The topological polar surface area (TPSA) is 46.2 Å². The average Bonchev–Trinajstić information content (AvgIpc) is 2.31. The van der Waals surface area contributed by atoms with Gasteiger partial charge in [0.05, 0.1) is 0 Å². The van der Waals surface area contributed by atoms with Crippen molar-refractivity contribution >= 4 is 44.2 Å². The van der Waals surface area contributed by atoms with Gasteiger partial charge in [0.25, 0.3) is 5.91 Å². The minimum absolute atomic E-state index is 0.118. The van der Waals surface area contributed by atoms with Crippen molar-refractivity contribution in [3.8, 4) is 0 Å². The normalized spacial score (nSPS) is 23.7. The molecular formula is C12H13BrClNO2S. The van der Waals surface area contributed by atoms with Crippen LogP contribution in [0.4, 0.5) is 0 Å². The molecule has 1 fully saturated rings. The van der Waals surface area contributed by atoms with Crippen LogP contribution in [0.1, 0.15) is 23.2 Å². The van der Waals surface area contributed by atoms with E-state index in [0.29, 0.717) is 22.1 Å². The highest BCUT2D eigenvalue weighted by molar-refractivity contribution is 9.10. The van der Waals surface area contributed by atoms with E-state index in [1.54, 1.807) is 18.2 Å². The number of carbonyl (C=O) groups is 1. The lowest BCUT2D eigenvalue weighted by molar-refractivity contribution is 0.0934. The third-order valence-corrected chi connectivity index (χ3v) is 4.91. The molecule has 1 aromatic carbocycles. The summed E-state index contributed by atoms with van der Waals surface area (Å²) in [5, 5.41) is 3.48. The highest BCUT2D eigenvalue weighted by atomic mass is 79.9. The molecule has 98 valence electrons. The molecule has 6 heteroatoms. The summed E-state index contributed by atoms with van der Waals surface area (Å²) >= 11 is 9.22. The Morgan fingerprint density at radius 2 is 2.00 bits per heavy atom. The van der Waals surface area contributed by atoms with Crippen LogP contribution in [0.3, 0.4) is 0 Å². The predicted octanol–water partition coefficient (Wildman–Crippen LogP) is 2.74. The Balaban J connectivity index is 2.01. The van der Waals surface area contributed by atoms with Crippen molar-refractivity contribution in [2.45, 2.75) is 18.9 Å². The second kappa shape index (κ2) is 6.17. The smallest absolute Gasteiger partial charge is 0.251 e. The maximum atomic E-state index is 12.0. The summed E-state index contributed by atoms with van der Waals surface area (Å²) in [4.78, 5) is 12.0. The van der Waals surface area contributed by atoms with Crippen LogP contribution in [0.15, 0.2) is 22.7 Å². The van der Waals surface area contributed by atoms with Crippen LogP contribution >= 0.6 is 27.5 Å². The molecule has 3 nitrogen and oxygen atoms in total. The summed E-state index contributed by atoms with van der Waals surface area (Å²) in [6.45, 7) is 0. The molecule has 0 atom stereocenters. The SMILES string of the molecule is O=C(NC1CCS(=O)CC1)c1cc(Cl)cc(Br)c1. The second-order valence-corrected chi connectivity index (χ2v) is 7.30. The van der Waals surface area contributed by atoms with Crippen LogP contribution in [-0.2, 0) is 10.8 Å². The molecule has 0 unspecified atom stereocenters. The fourth-order valence-electron chi connectivity index (χ4n) is 1.89. The molecule has 0 radical (unpaired) electrons. The van der Waals surface area contributed by atoms with Gasteiger partial charge in [-0.2, -0.15) is 0 Å². The van der Waals surface area contributed by atoms with Crippen molar-refractivity contribution in [2.75, 3.05) is 11.5 Å². The van der Waals surface area contributed by atoms with Crippen LogP contribution in [-0.4, -0.2) is 27.7 Å². The van der Waals surface area contributed by atoms with Gasteiger partial charge < -0.3 is 5.32 Å². The lowest BCUT2D eigenvalue weighted by atomic mass is 10.1.